The highest BCUT2D eigenvalue weighted by atomic mass is 32.2. The smallest absolute Gasteiger partial charge is 0.206 e. The first-order valence-electron chi connectivity index (χ1n) is 7.92. The van der Waals surface area contributed by atoms with Gasteiger partial charge in [0.1, 0.15) is 0 Å². The normalized spacial score (nSPS) is 14.5. The van der Waals surface area contributed by atoms with Gasteiger partial charge in [-0.15, -0.1) is 9.66 Å². The molecule has 6 nitrogen and oxygen atoms in total. The Morgan fingerprint density at radius 2 is 1.48 bits per heavy atom. The van der Waals surface area contributed by atoms with Crippen LogP contribution in [0.25, 0.3) is 0 Å². The van der Waals surface area contributed by atoms with Crippen molar-refractivity contribution in [3.05, 3.63) is 58.7 Å². The molecule has 134 valence electrons. The Labute approximate surface area is 148 Å². The van der Waals surface area contributed by atoms with Crippen molar-refractivity contribution in [1.82, 2.24) is 9.66 Å². The van der Waals surface area contributed by atoms with E-state index in [2.05, 4.69) is 0 Å². The van der Waals surface area contributed by atoms with Crippen LogP contribution in [0.15, 0.2) is 46.2 Å². The molecule has 1 aliphatic rings. The van der Waals surface area contributed by atoms with E-state index in [-0.39, 0.29) is 9.79 Å². The fourth-order valence-corrected chi connectivity index (χ4v) is 5.42. The number of hydrogen-bond acceptors (Lipinski definition) is 4. The summed E-state index contributed by atoms with van der Waals surface area (Å²) in [4.78, 5) is 4.07. The highest BCUT2D eigenvalue weighted by Crippen LogP contribution is 2.24. The molecule has 2 aromatic carbocycles. The van der Waals surface area contributed by atoms with E-state index in [9.17, 15) is 16.8 Å². The number of hydrogen-bond donors (Lipinski definition) is 2. The number of fused-ring (bicyclic) bond motifs is 1. The average molecular weight is 380 g/mol. The molecular weight excluding hydrogens is 360 g/mol. The minimum Gasteiger partial charge on any atom is -0.206 e. The lowest BCUT2D eigenvalue weighted by Gasteiger charge is -2.12. The van der Waals surface area contributed by atoms with Crippen LogP contribution in [0.5, 0.6) is 0 Å². The average Bonchev–Trinajstić information content (AvgIpc) is 3.03. The summed E-state index contributed by atoms with van der Waals surface area (Å²) in [6, 6.07) is 9.87. The van der Waals surface area contributed by atoms with Gasteiger partial charge in [-0.05, 0) is 73.6 Å². The maximum absolute atomic E-state index is 12.4. The van der Waals surface area contributed by atoms with Crippen molar-refractivity contribution in [3.63, 3.8) is 0 Å². The third-order valence-electron chi connectivity index (χ3n) is 4.32. The molecule has 0 radical (unpaired) electrons. The molecule has 2 N–H and O–H groups in total. The lowest BCUT2D eigenvalue weighted by atomic mass is 10.1. The van der Waals surface area contributed by atoms with Gasteiger partial charge in [0, 0.05) is 0 Å². The van der Waals surface area contributed by atoms with Crippen LogP contribution in [0.1, 0.15) is 28.7 Å². The van der Waals surface area contributed by atoms with Gasteiger partial charge in [-0.3, -0.25) is 0 Å². The molecule has 0 spiro atoms. The van der Waals surface area contributed by atoms with Crippen molar-refractivity contribution >= 4 is 20.0 Å². The van der Waals surface area contributed by atoms with Gasteiger partial charge >= 0.3 is 0 Å². The Balaban J connectivity index is 1.83. The van der Waals surface area contributed by atoms with E-state index in [1.54, 1.807) is 38.1 Å². The first-order chi connectivity index (χ1) is 11.7. The number of hydrazine groups is 1. The number of rotatable bonds is 5. The second kappa shape index (κ2) is 6.53. The Kier molecular flexibility index (Phi) is 4.72. The second-order valence-corrected chi connectivity index (χ2v) is 9.60. The fraction of sp³-hybridized carbons (Fsp3) is 0.294. The topological polar surface area (TPSA) is 92.3 Å². The van der Waals surface area contributed by atoms with E-state index < -0.39 is 20.0 Å². The van der Waals surface area contributed by atoms with E-state index in [4.69, 9.17) is 0 Å². The van der Waals surface area contributed by atoms with Crippen molar-refractivity contribution < 1.29 is 16.8 Å². The molecule has 25 heavy (non-hydrogen) atoms. The van der Waals surface area contributed by atoms with E-state index >= 15 is 0 Å². The van der Waals surface area contributed by atoms with Crippen LogP contribution in [0.3, 0.4) is 0 Å². The van der Waals surface area contributed by atoms with E-state index in [0.29, 0.717) is 5.56 Å². The van der Waals surface area contributed by atoms with Crippen LogP contribution < -0.4 is 9.66 Å². The van der Waals surface area contributed by atoms with Gasteiger partial charge in [-0.1, -0.05) is 18.2 Å². The Morgan fingerprint density at radius 1 is 0.800 bits per heavy atom. The summed E-state index contributed by atoms with van der Waals surface area (Å²) in [6.45, 7) is 3.43. The fourth-order valence-electron chi connectivity index (χ4n) is 2.94. The van der Waals surface area contributed by atoms with Crippen molar-refractivity contribution in [2.45, 2.75) is 42.9 Å². The molecule has 0 saturated heterocycles. The van der Waals surface area contributed by atoms with Crippen molar-refractivity contribution in [1.29, 1.82) is 0 Å². The third kappa shape index (κ3) is 3.77. The van der Waals surface area contributed by atoms with E-state index in [0.717, 1.165) is 36.0 Å². The molecule has 0 bridgehead atoms. The quantitative estimate of drug-likeness (QED) is 0.776. The lowest BCUT2D eigenvalue weighted by Crippen LogP contribution is -2.41. The van der Waals surface area contributed by atoms with Crippen LogP contribution in [0.4, 0.5) is 0 Å². The van der Waals surface area contributed by atoms with Crippen molar-refractivity contribution in [2.24, 2.45) is 0 Å². The van der Waals surface area contributed by atoms with Crippen LogP contribution in [-0.4, -0.2) is 16.8 Å². The molecule has 0 fully saturated rings. The highest BCUT2D eigenvalue weighted by Gasteiger charge is 2.23. The van der Waals surface area contributed by atoms with Crippen molar-refractivity contribution in [3.8, 4) is 0 Å². The summed E-state index contributed by atoms with van der Waals surface area (Å²) >= 11 is 0. The van der Waals surface area contributed by atoms with Gasteiger partial charge in [0.25, 0.3) is 20.0 Å². The summed E-state index contributed by atoms with van der Waals surface area (Å²) in [6.07, 6.45) is 2.79. The third-order valence-corrected chi connectivity index (χ3v) is 7.09. The maximum atomic E-state index is 12.4. The van der Waals surface area contributed by atoms with Gasteiger partial charge < -0.3 is 0 Å². The van der Waals surface area contributed by atoms with Crippen LogP contribution in [-0.2, 0) is 32.9 Å². The van der Waals surface area contributed by atoms with Crippen molar-refractivity contribution in [2.75, 3.05) is 0 Å². The van der Waals surface area contributed by atoms with Crippen LogP contribution in [0, 0.1) is 13.8 Å². The Morgan fingerprint density at radius 3 is 2.24 bits per heavy atom. The molecule has 3 rings (SSSR count). The number of benzene rings is 2. The highest BCUT2D eigenvalue weighted by molar-refractivity contribution is 7.92. The zero-order valence-corrected chi connectivity index (χ0v) is 15.7. The van der Waals surface area contributed by atoms with Crippen LogP contribution >= 0.6 is 0 Å². The molecule has 1 aliphatic carbocycles. The standard InChI is InChI=1S/C17H20N2O4S2/c1-12-6-7-13(2)17(10-12)25(22,23)19-18-24(20,21)16-9-8-14-4-3-5-15(14)11-16/h6-11,18-19H,3-5H2,1-2H3. The monoisotopic (exact) mass is 380 g/mol. The first-order valence-corrected chi connectivity index (χ1v) is 10.9. The maximum Gasteiger partial charge on any atom is 0.254 e. The second-order valence-electron chi connectivity index (χ2n) is 6.26. The summed E-state index contributed by atoms with van der Waals surface area (Å²) in [5.74, 6) is 0. The number of sulfonamides is 2. The zero-order valence-electron chi connectivity index (χ0n) is 14.0. The minimum absolute atomic E-state index is 0.0455. The number of aryl methyl sites for hydroxylation is 4. The first kappa shape index (κ1) is 18.1. The Hall–Kier alpha value is -1.74. The molecule has 0 aromatic heterocycles. The molecule has 0 atom stereocenters. The van der Waals surface area contributed by atoms with Gasteiger partial charge in [0.15, 0.2) is 0 Å². The molecular formula is C17H20N2O4S2. The summed E-state index contributed by atoms with van der Waals surface area (Å²) < 4.78 is 49.7. The summed E-state index contributed by atoms with van der Waals surface area (Å²) in [7, 11) is -7.99. The van der Waals surface area contributed by atoms with Gasteiger partial charge in [0.2, 0.25) is 0 Å². The predicted molar refractivity (Wildman–Crippen MR) is 95.0 cm³/mol. The van der Waals surface area contributed by atoms with Gasteiger partial charge in [-0.2, -0.15) is 0 Å². The van der Waals surface area contributed by atoms with Gasteiger partial charge in [-0.25, -0.2) is 16.8 Å². The van der Waals surface area contributed by atoms with Gasteiger partial charge in [0.05, 0.1) is 9.79 Å². The van der Waals surface area contributed by atoms with Crippen LogP contribution in [0.2, 0.25) is 0 Å². The molecule has 0 saturated carbocycles. The lowest BCUT2D eigenvalue weighted by molar-refractivity contribution is 0.557. The predicted octanol–water partition coefficient (Wildman–Crippen LogP) is 1.96. The van der Waals surface area contributed by atoms with E-state index in [1.165, 1.54) is 12.1 Å². The Bertz CT molecular complexity index is 1030. The molecule has 2 aromatic rings. The summed E-state index contributed by atoms with van der Waals surface area (Å²) in [5.41, 5.74) is 3.46. The molecule has 0 heterocycles. The zero-order chi connectivity index (χ0) is 18.2. The number of nitrogens with one attached hydrogen (secondary N) is 2. The summed E-state index contributed by atoms with van der Waals surface area (Å²) in [5, 5.41) is 0. The van der Waals surface area contributed by atoms with E-state index in [1.807, 2.05) is 9.66 Å². The minimum atomic E-state index is -4.01. The SMILES string of the molecule is Cc1ccc(C)c(S(=O)(=O)NNS(=O)(=O)c2ccc3c(c2)CCC3)c1. The molecule has 0 aliphatic heterocycles. The molecule has 8 heteroatoms. The molecule has 0 unspecified atom stereocenters. The molecule has 0 amide bonds. The largest absolute Gasteiger partial charge is 0.254 e.